The summed E-state index contributed by atoms with van der Waals surface area (Å²) in [6, 6.07) is 7.96. The van der Waals surface area contributed by atoms with E-state index in [9.17, 15) is 28.6 Å². The van der Waals surface area contributed by atoms with E-state index in [1.54, 1.807) is 68.7 Å². The summed E-state index contributed by atoms with van der Waals surface area (Å²) in [6.07, 6.45) is -0.150. The Morgan fingerprint density at radius 1 is 0.896 bits per heavy atom. The molecule has 3 aromatic rings. The zero-order chi connectivity index (χ0) is 34.2. The molecule has 0 spiro atoms. The lowest BCUT2D eigenvalue weighted by atomic mass is 10.1. The van der Waals surface area contributed by atoms with Crippen molar-refractivity contribution in [1.29, 1.82) is 0 Å². The predicted octanol–water partition coefficient (Wildman–Crippen LogP) is 3.03. The van der Waals surface area contributed by atoms with Gasteiger partial charge in [0, 0.05) is 4.90 Å². The molecule has 3 fully saturated rings. The number of rotatable bonds is 10. The molecule has 1 aliphatic carbocycles. The minimum absolute atomic E-state index is 0.0117. The summed E-state index contributed by atoms with van der Waals surface area (Å²) in [5, 5.41) is 0. The summed E-state index contributed by atoms with van der Waals surface area (Å²) in [5.41, 5.74) is 0.0972. The molecule has 0 saturated carbocycles. The van der Waals surface area contributed by atoms with E-state index in [1.807, 2.05) is 0 Å². The number of benzene rings is 1. The SMILES string of the molecule is CC1(C)O[C@@H]2[C@H](O1)[C@@H](COP(=O)(O)Sc1ccccc1)O[C@H]2n1cnc2c(=O)n([C@@H]3C=C(COP(=O)(O)O)[C@H]4OC(C)(C)O[C@H]43)cnc21. The van der Waals surface area contributed by atoms with Crippen LogP contribution in [0.2, 0.25) is 0 Å². The van der Waals surface area contributed by atoms with E-state index in [4.69, 9.17) is 32.7 Å². The highest BCUT2D eigenvalue weighted by Crippen LogP contribution is 2.59. The Hall–Kier alpha value is -2.28. The molecule has 1 unspecified atom stereocenters. The summed E-state index contributed by atoms with van der Waals surface area (Å²) in [7, 11) is -4.77. The van der Waals surface area contributed by atoms with Gasteiger partial charge in [0.05, 0.1) is 25.6 Å². The van der Waals surface area contributed by atoms with Gasteiger partial charge in [0.25, 0.3) is 5.56 Å². The van der Waals surface area contributed by atoms with Crippen molar-refractivity contribution in [2.24, 2.45) is 0 Å². The summed E-state index contributed by atoms with van der Waals surface area (Å²) >= 11 is 0.714. The van der Waals surface area contributed by atoms with E-state index < -0.39 is 81.2 Å². The van der Waals surface area contributed by atoms with Crippen molar-refractivity contribution in [2.45, 2.75) is 87.0 Å². The summed E-state index contributed by atoms with van der Waals surface area (Å²) in [6.45, 7) is 2.05. The van der Waals surface area contributed by atoms with Gasteiger partial charge in [0.15, 0.2) is 29.0 Å². The molecule has 0 amide bonds. The average Bonchev–Trinajstić information content (AvgIpc) is 3.77. The maximum absolute atomic E-state index is 13.9. The first kappa shape index (κ1) is 34.2. The number of phosphoric acid groups is 1. The highest BCUT2D eigenvalue weighted by atomic mass is 32.7. The Kier molecular flexibility index (Phi) is 8.68. The fraction of sp³-hybridized carbons (Fsp3) is 0.536. The van der Waals surface area contributed by atoms with Crippen molar-refractivity contribution < 1.29 is 56.5 Å². The van der Waals surface area contributed by atoms with Crippen LogP contribution in [0.1, 0.15) is 40.0 Å². The minimum Gasteiger partial charge on any atom is -0.347 e. The van der Waals surface area contributed by atoms with Crippen molar-refractivity contribution in [2.75, 3.05) is 13.2 Å². The second-order valence-corrected chi connectivity index (χ2v) is 17.6. The third kappa shape index (κ3) is 6.75. The molecule has 5 heterocycles. The molecule has 260 valence electrons. The van der Waals surface area contributed by atoms with Crippen molar-refractivity contribution >= 4 is 37.2 Å². The van der Waals surface area contributed by atoms with Gasteiger partial charge in [-0.15, -0.1) is 0 Å². The second kappa shape index (κ2) is 12.2. The monoisotopic (exact) mass is 728 g/mol. The third-order valence-electron chi connectivity index (χ3n) is 8.21. The number of nitrogens with zero attached hydrogens (tertiary/aromatic N) is 4. The zero-order valence-corrected chi connectivity index (χ0v) is 28.7. The molecule has 0 bridgehead atoms. The van der Waals surface area contributed by atoms with Gasteiger partial charge < -0.3 is 38.4 Å². The number of imidazole rings is 1. The molecule has 48 heavy (non-hydrogen) atoms. The van der Waals surface area contributed by atoms with Crippen LogP contribution in [0.3, 0.4) is 0 Å². The molecule has 3 saturated heterocycles. The average molecular weight is 729 g/mol. The van der Waals surface area contributed by atoms with Crippen LogP contribution in [0, 0.1) is 0 Å². The Balaban J connectivity index is 1.15. The molecular weight excluding hydrogens is 694 g/mol. The van der Waals surface area contributed by atoms with Gasteiger partial charge >= 0.3 is 14.6 Å². The van der Waals surface area contributed by atoms with E-state index in [0.29, 0.717) is 21.9 Å². The van der Waals surface area contributed by atoms with Crippen LogP contribution in [0.5, 0.6) is 0 Å². The topological polar surface area (TPSA) is 212 Å². The van der Waals surface area contributed by atoms with E-state index in [0.717, 1.165) is 0 Å². The largest absolute Gasteiger partial charge is 0.469 e. The molecule has 1 aromatic carbocycles. The van der Waals surface area contributed by atoms with Gasteiger partial charge in [0.1, 0.15) is 36.8 Å². The van der Waals surface area contributed by atoms with E-state index in [1.165, 1.54) is 17.2 Å². The first-order valence-corrected chi connectivity index (χ1v) is 19.5. The van der Waals surface area contributed by atoms with Gasteiger partial charge in [-0.05, 0) is 56.8 Å². The molecule has 2 aromatic heterocycles. The molecular formula is C28H34N4O13P2S. The van der Waals surface area contributed by atoms with Crippen LogP contribution in [-0.2, 0) is 41.9 Å². The van der Waals surface area contributed by atoms with Crippen molar-refractivity contribution in [3.63, 3.8) is 0 Å². The summed E-state index contributed by atoms with van der Waals surface area (Å²) < 4.78 is 67.9. The van der Waals surface area contributed by atoms with Crippen molar-refractivity contribution in [3.05, 3.63) is 65.0 Å². The summed E-state index contributed by atoms with van der Waals surface area (Å²) in [5.74, 6) is -2.03. The van der Waals surface area contributed by atoms with Crippen LogP contribution in [0.25, 0.3) is 11.2 Å². The van der Waals surface area contributed by atoms with E-state index >= 15 is 0 Å². The number of phosphoric ester groups is 1. The second-order valence-electron chi connectivity index (χ2n) is 12.6. The molecule has 20 heteroatoms. The van der Waals surface area contributed by atoms with Crippen LogP contribution in [0.4, 0.5) is 0 Å². The lowest BCUT2D eigenvalue weighted by molar-refractivity contribution is -0.199. The Bertz CT molecular complexity index is 1900. The molecule has 0 radical (unpaired) electrons. The summed E-state index contributed by atoms with van der Waals surface area (Å²) in [4.78, 5) is 52.3. The van der Waals surface area contributed by atoms with Gasteiger partial charge in [-0.3, -0.25) is 23.0 Å². The Labute approximate surface area is 277 Å². The number of aromatic nitrogens is 4. The van der Waals surface area contributed by atoms with E-state index in [-0.39, 0.29) is 17.8 Å². The van der Waals surface area contributed by atoms with Gasteiger partial charge in [-0.25, -0.2) is 19.1 Å². The van der Waals surface area contributed by atoms with Gasteiger partial charge in [0.2, 0.25) is 0 Å². The number of hydrogen-bond donors (Lipinski definition) is 3. The van der Waals surface area contributed by atoms with Gasteiger partial charge in [-0.2, -0.15) is 0 Å². The van der Waals surface area contributed by atoms with Crippen molar-refractivity contribution in [3.8, 4) is 0 Å². The third-order valence-corrected chi connectivity index (χ3v) is 11.5. The highest BCUT2D eigenvalue weighted by molar-refractivity contribution is 8.54. The maximum atomic E-state index is 13.9. The van der Waals surface area contributed by atoms with Crippen molar-refractivity contribution in [1.82, 2.24) is 19.1 Å². The smallest absolute Gasteiger partial charge is 0.347 e. The quantitative estimate of drug-likeness (QED) is 0.202. The minimum atomic E-state index is -4.77. The lowest BCUT2D eigenvalue weighted by Gasteiger charge is -2.25. The number of hydrogen-bond acceptors (Lipinski definition) is 13. The molecule has 8 atom stereocenters. The first-order chi connectivity index (χ1) is 22.5. The molecule has 4 aliphatic rings. The fourth-order valence-corrected chi connectivity index (χ4v) is 9.17. The van der Waals surface area contributed by atoms with E-state index in [2.05, 4.69) is 9.97 Å². The molecule has 17 nitrogen and oxygen atoms in total. The first-order valence-electron chi connectivity index (χ1n) is 14.9. The number of fused-ring (bicyclic) bond motifs is 3. The highest BCUT2D eigenvalue weighted by Gasteiger charge is 2.57. The van der Waals surface area contributed by atoms with Crippen LogP contribution < -0.4 is 5.56 Å². The van der Waals surface area contributed by atoms with Crippen LogP contribution >= 0.6 is 26.0 Å². The molecule has 3 aliphatic heterocycles. The number of ether oxygens (including phenoxy) is 5. The normalized spacial score (nSPS) is 31.9. The predicted molar refractivity (Wildman–Crippen MR) is 167 cm³/mol. The standard InChI is InChI=1S/C28H34N4O13P2S/c1-27(2)42-20-15(11-39-46(34,35)36)10-17(21(20)43-27)31-14-30-24-19(25(31)33)29-13-32(24)26-23-22(44-28(3,4)45-23)18(41-26)12-40-47(37,38)48-16-8-6-5-7-9-16/h5-10,13-14,17-18,20-23,26H,11-12H2,1-4H3,(H,37,38)(H2,34,35,36)/t17-,18-,20-,21+,22-,23-,26-/m1/s1. The Morgan fingerprint density at radius 3 is 2.29 bits per heavy atom. The molecule has 7 rings (SSSR count). The van der Waals surface area contributed by atoms with Gasteiger partial charge in [-0.1, -0.05) is 24.3 Å². The Morgan fingerprint density at radius 2 is 1.56 bits per heavy atom. The van der Waals surface area contributed by atoms with Crippen LogP contribution in [-0.4, -0.2) is 89.1 Å². The van der Waals surface area contributed by atoms with Crippen LogP contribution in [0.15, 0.2) is 64.3 Å². The maximum Gasteiger partial charge on any atom is 0.469 e. The lowest BCUT2D eigenvalue weighted by Crippen LogP contribution is -2.34. The molecule has 3 N–H and O–H groups in total. The fourth-order valence-electron chi connectivity index (χ4n) is 6.41. The zero-order valence-electron chi connectivity index (χ0n) is 26.1.